The third-order valence-corrected chi connectivity index (χ3v) is 4.98. The van der Waals surface area contributed by atoms with Crippen LogP contribution in [0.25, 0.3) is 0 Å². The molecule has 1 amide bonds. The molecule has 1 unspecified atom stereocenters. The van der Waals surface area contributed by atoms with Crippen LogP contribution in [0.3, 0.4) is 0 Å². The summed E-state index contributed by atoms with van der Waals surface area (Å²) >= 11 is 0. The lowest BCUT2D eigenvalue weighted by Crippen LogP contribution is -2.28. The summed E-state index contributed by atoms with van der Waals surface area (Å²) in [6.45, 7) is 1.72. The first-order chi connectivity index (χ1) is 12.2. The molecule has 0 aliphatic carbocycles. The van der Waals surface area contributed by atoms with Crippen molar-refractivity contribution in [3.63, 3.8) is 0 Å². The van der Waals surface area contributed by atoms with E-state index in [1.54, 1.807) is 18.2 Å². The molecule has 2 aliphatic rings. The topological polar surface area (TPSA) is 38.8 Å². The van der Waals surface area contributed by atoms with Gasteiger partial charge in [0, 0.05) is 25.4 Å². The Kier molecular flexibility index (Phi) is 4.30. The molecule has 0 aromatic heterocycles. The Labute approximate surface area is 146 Å². The molecular formula is C20H20FNO3. The number of hydrogen-bond donors (Lipinski definition) is 0. The Morgan fingerprint density at radius 2 is 2.00 bits per heavy atom. The second kappa shape index (κ2) is 6.75. The van der Waals surface area contributed by atoms with E-state index in [9.17, 15) is 9.18 Å². The van der Waals surface area contributed by atoms with Gasteiger partial charge in [-0.1, -0.05) is 24.3 Å². The van der Waals surface area contributed by atoms with E-state index >= 15 is 0 Å². The van der Waals surface area contributed by atoms with Gasteiger partial charge in [-0.05, 0) is 42.2 Å². The molecule has 5 heteroatoms. The zero-order chi connectivity index (χ0) is 17.2. The van der Waals surface area contributed by atoms with Gasteiger partial charge in [-0.15, -0.1) is 0 Å². The quantitative estimate of drug-likeness (QED) is 0.854. The molecule has 1 fully saturated rings. The summed E-state index contributed by atoms with van der Waals surface area (Å²) in [5, 5.41) is 0. The number of amides is 1. The first kappa shape index (κ1) is 15.9. The van der Waals surface area contributed by atoms with E-state index in [1.165, 1.54) is 11.6 Å². The number of aryl methyl sites for hydroxylation is 1. The number of likely N-dealkylation sites (tertiary alicyclic amines) is 1. The Morgan fingerprint density at radius 3 is 2.88 bits per heavy atom. The highest BCUT2D eigenvalue weighted by molar-refractivity contribution is 5.77. The lowest BCUT2D eigenvalue weighted by molar-refractivity contribution is -0.130. The Hall–Kier alpha value is -2.56. The monoisotopic (exact) mass is 341 g/mol. The summed E-state index contributed by atoms with van der Waals surface area (Å²) in [7, 11) is 0. The number of ether oxygens (including phenoxy) is 2. The Balaban J connectivity index is 1.35. The van der Waals surface area contributed by atoms with Crippen LogP contribution in [0.4, 0.5) is 4.39 Å². The minimum atomic E-state index is -0.241. The third kappa shape index (κ3) is 3.31. The summed E-state index contributed by atoms with van der Waals surface area (Å²) in [5.41, 5.74) is 1.77. The van der Waals surface area contributed by atoms with Gasteiger partial charge in [0.25, 0.3) is 0 Å². The van der Waals surface area contributed by atoms with Crippen molar-refractivity contribution in [1.82, 2.24) is 4.90 Å². The SMILES string of the molecule is O=C(CCc1ccccc1F)N1CCC(c2ccc3c(c2)OCO3)C1. The van der Waals surface area contributed by atoms with Crippen molar-refractivity contribution >= 4 is 5.91 Å². The zero-order valence-electron chi connectivity index (χ0n) is 13.9. The minimum absolute atomic E-state index is 0.0893. The maximum absolute atomic E-state index is 13.7. The summed E-state index contributed by atoms with van der Waals surface area (Å²) in [5.74, 6) is 1.72. The van der Waals surface area contributed by atoms with Crippen LogP contribution in [0.5, 0.6) is 11.5 Å². The van der Waals surface area contributed by atoms with E-state index in [0.29, 0.717) is 30.9 Å². The fraction of sp³-hybridized carbons (Fsp3) is 0.350. The fourth-order valence-corrected chi connectivity index (χ4v) is 3.53. The predicted octanol–water partition coefficient (Wildman–Crippen LogP) is 3.50. The molecule has 0 spiro atoms. The highest BCUT2D eigenvalue weighted by Crippen LogP contribution is 2.37. The van der Waals surface area contributed by atoms with Gasteiger partial charge in [-0.3, -0.25) is 4.79 Å². The highest BCUT2D eigenvalue weighted by atomic mass is 19.1. The number of carbonyl (C=O) groups is 1. The molecule has 4 nitrogen and oxygen atoms in total. The maximum atomic E-state index is 13.7. The summed E-state index contributed by atoms with van der Waals surface area (Å²) in [4.78, 5) is 14.3. The van der Waals surface area contributed by atoms with Crippen LogP contribution >= 0.6 is 0 Å². The van der Waals surface area contributed by atoms with Crippen molar-refractivity contribution < 1.29 is 18.7 Å². The highest BCUT2D eigenvalue weighted by Gasteiger charge is 2.28. The first-order valence-electron chi connectivity index (χ1n) is 8.61. The molecule has 4 rings (SSSR count). The molecule has 0 N–H and O–H groups in total. The molecule has 1 saturated heterocycles. The van der Waals surface area contributed by atoms with Gasteiger partial charge in [-0.25, -0.2) is 4.39 Å². The number of rotatable bonds is 4. The van der Waals surface area contributed by atoms with E-state index in [2.05, 4.69) is 0 Å². The molecule has 1 atom stereocenters. The number of carbonyl (C=O) groups excluding carboxylic acids is 1. The normalized spacial score (nSPS) is 18.6. The van der Waals surface area contributed by atoms with Crippen molar-refractivity contribution in [3.05, 3.63) is 59.4 Å². The van der Waals surface area contributed by atoms with Crippen LogP contribution in [0.1, 0.15) is 29.9 Å². The van der Waals surface area contributed by atoms with Gasteiger partial charge < -0.3 is 14.4 Å². The molecule has 130 valence electrons. The molecule has 0 saturated carbocycles. The molecular weight excluding hydrogens is 321 g/mol. The van der Waals surface area contributed by atoms with E-state index in [1.807, 2.05) is 23.1 Å². The Morgan fingerprint density at radius 1 is 1.16 bits per heavy atom. The van der Waals surface area contributed by atoms with Crippen LogP contribution in [0.15, 0.2) is 42.5 Å². The van der Waals surface area contributed by atoms with Gasteiger partial charge in [0.15, 0.2) is 11.5 Å². The minimum Gasteiger partial charge on any atom is -0.454 e. The van der Waals surface area contributed by atoms with Gasteiger partial charge in [0.05, 0.1) is 0 Å². The van der Waals surface area contributed by atoms with E-state index in [4.69, 9.17) is 9.47 Å². The van der Waals surface area contributed by atoms with Crippen LogP contribution in [0.2, 0.25) is 0 Å². The van der Waals surface area contributed by atoms with Crippen LogP contribution in [-0.4, -0.2) is 30.7 Å². The van der Waals surface area contributed by atoms with Crippen LogP contribution in [-0.2, 0) is 11.2 Å². The molecule has 0 bridgehead atoms. The van der Waals surface area contributed by atoms with Gasteiger partial charge in [0.1, 0.15) is 5.82 Å². The molecule has 25 heavy (non-hydrogen) atoms. The van der Waals surface area contributed by atoms with Crippen molar-refractivity contribution in [3.8, 4) is 11.5 Å². The molecule has 2 heterocycles. The van der Waals surface area contributed by atoms with Crippen molar-refractivity contribution in [2.75, 3.05) is 19.9 Å². The van der Waals surface area contributed by atoms with Crippen LogP contribution < -0.4 is 9.47 Å². The maximum Gasteiger partial charge on any atom is 0.231 e. The third-order valence-electron chi connectivity index (χ3n) is 4.98. The molecule has 0 radical (unpaired) electrons. The molecule has 2 aromatic rings. The number of nitrogens with zero attached hydrogens (tertiary/aromatic N) is 1. The van der Waals surface area contributed by atoms with Crippen molar-refractivity contribution in [1.29, 1.82) is 0 Å². The number of benzene rings is 2. The molecule has 2 aromatic carbocycles. The average Bonchev–Trinajstić information content (AvgIpc) is 3.29. The smallest absolute Gasteiger partial charge is 0.231 e. The van der Waals surface area contributed by atoms with Crippen LogP contribution in [0, 0.1) is 5.82 Å². The Bertz CT molecular complexity index is 792. The number of halogens is 1. The second-order valence-corrected chi connectivity index (χ2v) is 6.53. The largest absolute Gasteiger partial charge is 0.454 e. The van der Waals surface area contributed by atoms with Gasteiger partial charge >= 0.3 is 0 Å². The second-order valence-electron chi connectivity index (χ2n) is 6.53. The lowest BCUT2D eigenvalue weighted by atomic mass is 9.98. The number of hydrogen-bond acceptors (Lipinski definition) is 3. The van der Waals surface area contributed by atoms with E-state index in [-0.39, 0.29) is 18.5 Å². The summed E-state index contributed by atoms with van der Waals surface area (Å²) in [6.07, 6.45) is 1.72. The van der Waals surface area contributed by atoms with Crippen molar-refractivity contribution in [2.45, 2.75) is 25.2 Å². The fourth-order valence-electron chi connectivity index (χ4n) is 3.53. The standard InChI is InChI=1S/C20H20FNO3/c21-17-4-2-1-3-14(17)6-8-20(23)22-10-9-16(12-22)15-5-7-18-19(11-15)25-13-24-18/h1-5,7,11,16H,6,8-10,12-13H2. The number of fused-ring (bicyclic) bond motifs is 1. The van der Waals surface area contributed by atoms with Gasteiger partial charge in [-0.2, -0.15) is 0 Å². The van der Waals surface area contributed by atoms with E-state index < -0.39 is 0 Å². The van der Waals surface area contributed by atoms with Crippen molar-refractivity contribution in [2.24, 2.45) is 0 Å². The lowest BCUT2D eigenvalue weighted by Gasteiger charge is -2.17. The predicted molar refractivity (Wildman–Crippen MR) is 91.2 cm³/mol. The first-order valence-corrected chi connectivity index (χ1v) is 8.61. The molecule has 2 aliphatic heterocycles. The zero-order valence-corrected chi connectivity index (χ0v) is 13.9. The van der Waals surface area contributed by atoms with Gasteiger partial charge in [0.2, 0.25) is 12.7 Å². The summed E-state index contributed by atoms with van der Waals surface area (Å²) < 4.78 is 24.4. The summed E-state index contributed by atoms with van der Waals surface area (Å²) in [6, 6.07) is 12.6. The van der Waals surface area contributed by atoms with E-state index in [0.717, 1.165) is 24.5 Å². The average molecular weight is 341 g/mol.